The maximum atomic E-state index is 6.60. The third-order valence-electron chi connectivity index (χ3n) is 3.82. The van der Waals surface area contributed by atoms with Gasteiger partial charge in [-0.2, -0.15) is 0 Å². The molecular weight excluding hydrogens is 212 g/mol. The fraction of sp³-hybridized carbons (Fsp3) is 0.846. The lowest BCUT2D eigenvalue weighted by molar-refractivity contribution is 0.344. The second-order valence-corrected chi connectivity index (χ2v) is 5.29. The molecule has 0 saturated heterocycles. The van der Waals surface area contributed by atoms with Gasteiger partial charge >= 0.3 is 0 Å². The van der Waals surface area contributed by atoms with Gasteiger partial charge in [0.25, 0.3) is 0 Å². The molecule has 96 valence electrons. The van der Waals surface area contributed by atoms with Gasteiger partial charge in [0.05, 0.1) is 5.54 Å². The van der Waals surface area contributed by atoms with Crippen LogP contribution in [0, 0.1) is 6.92 Å². The summed E-state index contributed by atoms with van der Waals surface area (Å²) in [5.74, 6) is 2.01. The van der Waals surface area contributed by atoms with Crippen LogP contribution >= 0.6 is 0 Å². The number of aromatic nitrogens is 3. The van der Waals surface area contributed by atoms with Crippen molar-refractivity contribution in [2.45, 2.75) is 70.9 Å². The summed E-state index contributed by atoms with van der Waals surface area (Å²) in [6.45, 7) is 5.18. The summed E-state index contributed by atoms with van der Waals surface area (Å²) >= 11 is 0. The molecule has 1 aromatic heterocycles. The first-order valence-electron chi connectivity index (χ1n) is 6.86. The van der Waals surface area contributed by atoms with E-state index in [0.717, 1.165) is 37.5 Å². The summed E-state index contributed by atoms with van der Waals surface area (Å²) in [6.07, 6.45) is 8.24. The predicted molar refractivity (Wildman–Crippen MR) is 68.6 cm³/mol. The average Bonchev–Trinajstić information content (AvgIpc) is 2.54. The number of nitrogens with zero attached hydrogens (tertiary/aromatic N) is 3. The van der Waals surface area contributed by atoms with Gasteiger partial charge in [0.15, 0.2) is 5.82 Å². The molecule has 0 unspecified atom stereocenters. The van der Waals surface area contributed by atoms with Crippen LogP contribution in [0.1, 0.15) is 63.5 Å². The van der Waals surface area contributed by atoms with Crippen molar-refractivity contribution in [2.75, 3.05) is 0 Å². The van der Waals surface area contributed by atoms with Crippen LogP contribution in [-0.4, -0.2) is 14.8 Å². The molecule has 17 heavy (non-hydrogen) atoms. The van der Waals surface area contributed by atoms with Crippen LogP contribution in [0.2, 0.25) is 0 Å². The van der Waals surface area contributed by atoms with Crippen molar-refractivity contribution < 1.29 is 0 Å². The van der Waals surface area contributed by atoms with Gasteiger partial charge in [0.1, 0.15) is 5.82 Å². The molecule has 0 aliphatic heterocycles. The molecule has 1 fully saturated rings. The summed E-state index contributed by atoms with van der Waals surface area (Å²) in [4.78, 5) is 0. The molecule has 2 rings (SSSR count). The van der Waals surface area contributed by atoms with Crippen molar-refractivity contribution in [3.63, 3.8) is 0 Å². The first-order chi connectivity index (χ1) is 8.17. The molecule has 1 saturated carbocycles. The Labute approximate surface area is 104 Å². The third-order valence-corrected chi connectivity index (χ3v) is 3.82. The number of hydrogen-bond acceptors (Lipinski definition) is 3. The van der Waals surface area contributed by atoms with Gasteiger partial charge in [-0.05, 0) is 26.2 Å². The van der Waals surface area contributed by atoms with E-state index in [9.17, 15) is 0 Å². The van der Waals surface area contributed by atoms with E-state index in [4.69, 9.17) is 5.73 Å². The molecule has 2 N–H and O–H groups in total. The summed E-state index contributed by atoms with van der Waals surface area (Å²) in [6, 6.07) is 0. The highest BCUT2D eigenvalue weighted by Crippen LogP contribution is 2.32. The Morgan fingerprint density at radius 2 is 1.82 bits per heavy atom. The Kier molecular flexibility index (Phi) is 3.82. The van der Waals surface area contributed by atoms with E-state index in [1.54, 1.807) is 0 Å². The Hall–Kier alpha value is -0.900. The van der Waals surface area contributed by atoms with Gasteiger partial charge in [-0.15, -0.1) is 10.2 Å². The minimum atomic E-state index is -0.243. The smallest absolute Gasteiger partial charge is 0.153 e. The van der Waals surface area contributed by atoms with Gasteiger partial charge in [-0.1, -0.05) is 32.6 Å². The molecule has 4 nitrogen and oxygen atoms in total. The van der Waals surface area contributed by atoms with E-state index in [0.29, 0.717) is 0 Å². The zero-order valence-corrected chi connectivity index (χ0v) is 11.1. The maximum Gasteiger partial charge on any atom is 0.153 e. The van der Waals surface area contributed by atoms with Crippen LogP contribution in [0.3, 0.4) is 0 Å². The fourth-order valence-corrected chi connectivity index (χ4v) is 2.82. The fourth-order valence-electron chi connectivity index (χ4n) is 2.82. The molecule has 0 spiro atoms. The zero-order valence-electron chi connectivity index (χ0n) is 11.1. The van der Waals surface area contributed by atoms with Gasteiger partial charge in [-0.3, -0.25) is 0 Å². The van der Waals surface area contributed by atoms with E-state index >= 15 is 0 Å². The topological polar surface area (TPSA) is 56.7 Å². The van der Waals surface area contributed by atoms with Crippen molar-refractivity contribution in [1.82, 2.24) is 14.8 Å². The lowest BCUT2D eigenvalue weighted by Gasteiger charge is -2.27. The molecule has 1 heterocycles. The zero-order chi connectivity index (χ0) is 12.3. The number of aryl methyl sites for hydroxylation is 1. The van der Waals surface area contributed by atoms with Crippen LogP contribution in [0.25, 0.3) is 0 Å². The molecule has 0 amide bonds. The van der Waals surface area contributed by atoms with Gasteiger partial charge < -0.3 is 10.3 Å². The van der Waals surface area contributed by atoms with Crippen molar-refractivity contribution in [3.05, 3.63) is 11.6 Å². The number of rotatable bonds is 3. The lowest BCUT2D eigenvalue weighted by atomic mass is 9.90. The van der Waals surface area contributed by atoms with E-state index in [1.807, 2.05) is 6.92 Å². The van der Waals surface area contributed by atoms with Gasteiger partial charge in [-0.25, -0.2) is 0 Å². The number of nitrogens with two attached hydrogens (primary N) is 1. The molecule has 1 aliphatic carbocycles. The molecule has 0 atom stereocenters. The second-order valence-electron chi connectivity index (χ2n) is 5.29. The first-order valence-corrected chi connectivity index (χ1v) is 6.86. The third kappa shape index (κ3) is 2.51. The van der Waals surface area contributed by atoms with Crippen molar-refractivity contribution in [1.29, 1.82) is 0 Å². The Morgan fingerprint density at radius 1 is 1.18 bits per heavy atom. The van der Waals surface area contributed by atoms with Crippen molar-refractivity contribution in [2.24, 2.45) is 5.73 Å². The van der Waals surface area contributed by atoms with Gasteiger partial charge in [0.2, 0.25) is 0 Å². The minimum absolute atomic E-state index is 0.243. The van der Waals surface area contributed by atoms with Crippen LogP contribution in [0.5, 0.6) is 0 Å². The van der Waals surface area contributed by atoms with E-state index < -0.39 is 0 Å². The van der Waals surface area contributed by atoms with Crippen LogP contribution < -0.4 is 5.73 Å². The quantitative estimate of drug-likeness (QED) is 0.820. The maximum absolute atomic E-state index is 6.60. The van der Waals surface area contributed by atoms with E-state index in [1.165, 1.54) is 25.7 Å². The highest BCUT2D eigenvalue weighted by Gasteiger charge is 2.33. The summed E-state index contributed by atoms with van der Waals surface area (Å²) in [5, 5.41) is 8.58. The average molecular weight is 236 g/mol. The molecular formula is C13H24N4. The first kappa shape index (κ1) is 12.6. The largest absolute Gasteiger partial charge is 0.319 e. The van der Waals surface area contributed by atoms with Crippen LogP contribution in [0.4, 0.5) is 0 Å². The molecule has 0 aromatic carbocycles. The second kappa shape index (κ2) is 5.17. The molecule has 1 aromatic rings. The standard InChI is InChI=1S/C13H24N4/c1-3-10-17-11(2)15-16-12(17)13(14)8-6-4-5-7-9-13/h3-10,14H2,1-2H3. The van der Waals surface area contributed by atoms with E-state index in [-0.39, 0.29) is 5.54 Å². The minimum Gasteiger partial charge on any atom is -0.319 e. The van der Waals surface area contributed by atoms with Crippen molar-refractivity contribution in [3.8, 4) is 0 Å². The van der Waals surface area contributed by atoms with Gasteiger partial charge in [0, 0.05) is 6.54 Å². The SMILES string of the molecule is CCCn1c(C)nnc1C1(N)CCCCCC1. The number of hydrogen-bond donors (Lipinski definition) is 1. The Bertz CT molecular complexity index is 361. The molecule has 0 radical (unpaired) electrons. The Morgan fingerprint density at radius 3 is 2.41 bits per heavy atom. The molecule has 1 aliphatic rings. The normalized spacial score (nSPS) is 20.2. The highest BCUT2D eigenvalue weighted by atomic mass is 15.3. The molecule has 0 bridgehead atoms. The monoisotopic (exact) mass is 236 g/mol. The lowest BCUT2D eigenvalue weighted by Crippen LogP contribution is -2.39. The summed E-state index contributed by atoms with van der Waals surface area (Å²) in [7, 11) is 0. The van der Waals surface area contributed by atoms with Crippen molar-refractivity contribution >= 4 is 0 Å². The molecule has 4 heteroatoms. The Balaban J connectivity index is 2.30. The highest BCUT2D eigenvalue weighted by molar-refractivity contribution is 5.08. The van der Waals surface area contributed by atoms with Crippen LogP contribution in [0.15, 0.2) is 0 Å². The predicted octanol–water partition coefficient (Wildman–Crippen LogP) is 2.50. The van der Waals surface area contributed by atoms with E-state index in [2.05, 4.69) is 21.7 Å². The van der Waals surface area contributed by atoms with Crippen LogP contribution in [-0.2, 0) is 12.1 Å². The summed E-state index contributed by atoms with van der Waals surface area (Å²) < 4.78 is 2.21. The summed E-state index contributed by atoms with van der Waals surface area (Å²) in [5.41, 5.74) is 6.36.